The molecule has 0 unspecified atom stereocenters. The Balaban J connectivity index is 2.97. The van der Waals surface area contributed by atoms with E-state index in [2.05, 4.69) is 6.58 Å². The molecule has 1 rings (SSSR count). The minimum Gasteiger partial charge on any atom is -0.395 e. The summed E-state index contributed by atoms with van der Waals surface area (Å²) in [6.45, 7) is 4.06. The number of hydrogen-bond donors (Lipinski definition) is 2. The number of nitrogens with zero attached hydrogens (tertiary/aromatic N) is 1. The lowest BCUT2D eigenvalue weighted by molar-refractivity contribution is 0.260. The SMILES string of the molecule is C=CCN(CCO)S(=O)(=O)c1ccc(CCN)s1. The summed E-state index contributed by atoms with van der Waals surface area (Å²) in [5.41, 5.74) is 5.43. The summed E-state index contributed by atoms with van der Waals surface area (Å²) in [4.78, 5) is 0.943. The average molecular weight is 290 g/mol. The standard InChI is InChI=1S/C11H18N2O3S2/c1-2-7-13(8-9-14)18(15,16)11-4-3-10(17-11)5-6-12/h2-4,14H,1,5-9,12H2. The molecular weight excluding hydrogens is 272 g/mol. The molecule has 0 atom stereocenters. The number of aliphatic hydroxyl groups is 1. The van der Waals surface area contributed by atoms with Gasteiger partial charge in [-0.3, -0.25) is 0 Å². The second-order valence-corrected chi connectivity index (χ2v) is 6.97. The first-order valence-electron chi connectivity index (χ1n) is 5.57. The molecule has 1 heterocycles. The van der Waals surface area contributed by atoms with Gasteiger partial charge in [0, 0.05) is 18.0 Å². The van der Waals surface area contributed by atoms with Crippen LogP contribution in [0.5, 0.6) is 0 Å². The Morgan fingerprint density at radius 2 is 2.22 bits per heavy atom. The Morgan fingerprint density at radius 1 is 1.50 bits per heavy atom. The lowest BCUT2D eigenvalue weighted by atomic mass is 10.3. The summed E-state index contributed by atoms with van der Waals surface area (Å²) < 4.78 is 26.0. The lowest BCUT2D eigenvalue weighted by Gasteiger charge is -2.18. The molecule has 0 fully saturated rings. The van der Waals surface area contributed by atoms with E-state index in [0.717, 1.165) is 4.88 Å². The molecule has 1 aromatic heterocycles. The van der Waals surface area contributed by atoms with Crippen LogP contribution in [0.3, 0.4) is 0 Å². The van der Waals surface area contributed by atoms with Crippen molar-refractivity contribution in [2.45, 2.75) is 10.6 Å². The van der Waals surface area contributed by atoms with Crippen molar-refractivity contribution in [2.24, 2.45) is 5.73 Å². The van der Waals surface area contributed by atoms with Crippen LogP contribution in [-0.2, 0) is 16.4 Å². The van der Waals surface area contributed by atoms with Crippen LogP contribution in [0.25, 0.3) is 0 Å². The predicted octanol–water partition coefficient (Wildman–Crippen LogP) is 0.418. The third-order valence-electron chi connectivity index (χ3n) is 2.30. The normalized spacial score (nSPS) is 11.9. The number of nitrogens with two attached hydrogens (primary N) is 1. The number of hydrogen-bond acceptors (Lipinski definition) is 5. The van der Waals surface area contributed by atoms with Gasteiger partial charge in [-0.2, -0.15) is 4.31 Å². The number of aliphatic hydroxyl groups excluding tert-OH is 1. The van der Waals surface area contributed by atoms with E-state index in [0.29, 0.717) is 13.0 Å². The van der Waals surface area contributed by atoms with Gasteiger partial charge in [0.15, 0.2) is 0 Å². The zero-order chi connectivity index (χ0) is 13.6. The van der Waals surface area contributed by atoms with Crippen LogP contribution >= 0.6 is 11.3 Å². The minimum atomic E-state index is -3.54. The van der Waals surface area contributed by atoms with Crippen LogP contribution in [0.15, 0.2) is 29.0 Å². The molecule has 3 N–H and O–H groups in total. The summed E-state index contributed by atoms with van der Waals surface area (Å²) >= 11 is 1.22. The van der Waals surface area contributed by atoms with Crippen molar-refractivity contribution in [3.8, 4) is 0 Å². The Bertz CT molecular complexity index is 482. The van der Waals surface area contributed by atoms with E-state index in [9.17, 15) is 8.42 Å². The maximum atomic E-state index is 12.3. The van der Waals surface area contributed by atoms with Crippen molar-refractivity contribution >= 4 is 21.4 Å². The summed E-state index contributed by atoms with van der Waals surface area (Å²) in [7, 11) is -3.54. The van der Waals surface area contributed by atoms with Gasteiger partial charge in [-0.1, -0.05) is 6.08 Å². The van der Waals surface area contributed by atoms with Gasteiger partial charge in [0.25, 0.3) is 10.0 Å². The highest BCUT2D eigenvalue weighted by Crippen LogP contribution is 2.25. The van der Waals surface area contributed by atoms with Crippen molar-refractivity contribution in [3.05, 3.63) is 29.7 Å². The summed E-state index contributed by atoms with van der Waals surface area (Å²) in [6.07, 6.45) is 2.17. The maximum Gasteiger partial charge on any atom is 0.252 e. The molecule has 7 heteroatoms. The third-order valence-corrected chi connectivity index (χ3v) is 5.78. The molecule has 102 valence electrons. The van der Waals surface area contributed by atoms with E-state index >= 15 is 0 Å². The van der Waals surface area contributed by atoms with Crippen LogP contribution in [0.2, 0.25) is 0 Å². The molecule has 0 aliphatic rings. The zero-order valence-corrected chi connectivity index (χ0v) is 11.7. The monoisotopic (exact) mass is 290 g/mol. The minimum absolute atomic E-state index is 0.0679. The van der Waals surface area contributed by atoms with Crippen molar-refractivity contribution in [3.63, 3.8) is 0 Å². The van der Waals surface area contributed by atoms with E-state index in [1.807, 2.05) is 0 Å². The van der Waals surface area contributed by atoms with Crippen molar-refractivity contribution in [2.75, 3.05) is 26.2 Å². The topological polar surface area (TPSA) is 83.6 Å². The maximum absolute atomic E-state index is 12.3. The first-order chi connectivity index (χ1) is 8.56. The van der Waals surface area contributed by atoms with E-state index in [1.54, 1.807) is 12.1 Å². The summed E-state index contributed by atoms with van der Waals surface area (Å²) in [6, 6.07) is 3.36. The van der Waals surface area contributed by atoms with Gasteiger partial charge in [-0.05, 0) is 25.1 Å². The Labute approximate surface area is 112 Å². The Hall–Kier alpha value is -0.730. The Kier molecular flexibility index (Phi) is 5.97. The van der Waals surface area contributed by atoms with Gasteiger partial charge in [0.2, 0.25) is 0 Å². The Morgan fingerprint density at radius 3 is 2.78 bits per heavy atom. The highest BCUT2D eigenvalue weighted by molar-refractivity contribution is 7.91. The fourth-order valence-electron chi connectivity index (χ4n) is 1.47. The molecule has 0 amide bonds. The van der Waals surface area contributed by atoms with Gasteiger partial charge in [-0.15, -0.1) is 17.9 Å². The third kappa shape index (κ3) is 3.63. The fraction of sp³-hybridized carbons (Fsp3) is 0.455. The quantitative estimate of drug-likeness (QED) is 0.680. The highest BCUT2D eigenvalue weighted by Gasteiger charge is 2.24. The van der Waals surface area contributed by atoms with E-state index in [-0.39, 0.29) is 23.9 Å². The number of thiophene rings is 1. The van der Waals surface area contributed by atoms with Crippen LogP contribution < -0.4 is 5.73 Å². The largest absolute Gasteiger partial charge is 0.395 e. The second kappa shape index (κ2) is 7.01. The molecule has 0 bridgehead atoms. The van der Waals surface area contributed by atoms with Gasteiger partial charge in [0.1, 0.15) is 4.21 Å². The molecular formula is C11H18N2O3S2. The van der Waals surface area contributed by atoms with Crippen LogP contribution in [0.1, 0.15) is 4.88 Å². The molecule has 0 saturated heterocycles. The molecule has 1 aromatic rings. The van der Waals surface area contributed by atoms with Crippen molar-refractivity contribution in [1.82, 2.24) is 4.31 Å². The van der Waals surface area contributed by atoms with E-state index in [1.165, 1.54) is 21.7 Å². The second-order valence-electron chi connectivity index (χ2n) is 3.63. The molecule has 0 aliphatic heterocycles. The van der Waals surface area contributed by atoms with Crippen LogP contribution in [0, 0.1) is 0 Å². The smallest absolute Gasteiger partial charge is 0.252 e. The van der Waals surface area contributed by atoms with Gasteiger partial charge in [0.05, 0.1) is 6.61 Å². The summed E-state index contributed by atoms with van der Waals surface area (Å²) in [5.74, 6) is 0. The van der Waals surface area contributed by atoms with Crippen LogP contribution in [0.4, 0.5) is 0 Å². The molecule has 5 nitrogen and oxygen atoms in total. The molecule has 0 saturated carbocycles. The lowest BCUT2D eigenvalue weighted by Crippen LogP contribution is -2.33. The molecule has 18 heavy (non-hydrogen) atoms. The van der Waals surface area contributed by atoms with Gasteiger partial charge in [-0.25, -0.2) is 8.42 Å². The van der Waals surface area contributed by atoms with Gasteiger partial charge >= 0.3 is 0 Å². The van der Waals surface area contributed by atoms with Crippen molar-refractivity contribution in [1.29, 1.82) is 0 Å². The highest BCUT2D eigenvalue weighted by atomic mass is 32.2. The number of rotatable bonds is 8. The van der Waals surface area contributed by atoms with Crippen LogP contribution in [-0.4, -0.2) is 44.1 Å². The van der Waals surface area contributed by atoms with E-state index in [4.69, 9.17) is 10.8 Å². The summed E-state index contributed by atoms with van der Waals surface area (Å²) in [5, 5.41) is 8.91. The molecule has 0 aromatic carbocycles. The first-order valence-corrected chi connectivity index (χ1v) is 7.82. The number of sulfonamides is 1. The predicted molar refractivity (Wildman–Crippen MR) is 73.1 cm³/mol. The van der Waals surface area contributed by atoms with Crippen molar-refractivity contribution < 1.29 is 13.5 Å². The van der Waals surface area contributed by atoms with E-state index < -0.39 is 10.0 Å². The van der Waals surface area contributed by atoms with Gasteiger partial charge < -0.3 is 10.8 Å². The average Bonchev–Trinajstić information content (AvgIpc) is 2.78. The molecule has 0 radical (unpaired) electrons. The molecule has 0 aliphatic carbocycles. The zero-order valence-electron chi connectivity index (χ0n) is 10.1. The molecule has 0 spiro atoms. The fourth-order valence-corrected chi connectivity index (χ4v) is 4.39. The first kappa shape index (κ1) is 15.3.